The molecule has 2 heterocycles. The zero-order chi connectivity index (χ0) is 28.6. The molecule has 210 valence electrons. The molecule has 2 unspecified atom stereocenters. The van der Waals surface area contributed by atoms with Crippen LogP contribution in [0, 0.1) is 11.8 Å². The van der Waals surface area contributed by atoms with Gasteiger partial charge in [-0.3, -0.25) is 48.2 Å². The first-order chi connectivity index (χ1) is 17.9. The average molecular weight is 542 g/mol. The Morgan fingerprint density at radius 1 is 0.605 bits per heavy atom. The van der Waals surface area contributed by atoms with Gasteiger partial charge < -0.3 is 18.9 Å². The molecule has 0 N–H and O–H groups in total. The summed E-state index contributed by atoms with van der Waals surface area (Å²) in [6.07, 6.45) is 0. The van der Waals surface area contributed by atoms with Crippen LogP contribution in [0.4, 0.5) is 0 Å². The Bertz CT molecular complexity index is 885. The Labute approximate surface area is 217 Å². The number of piperazine rings is 2. The highest BCUT2D eigenvalue weighted by molar-refractivity contribution is 6.01. The van der Waals surface area contributed by atoms with E-state index in [1.807, 2.05) is 0 Å². The minimum atomic E-state index is -1.21. The van der Waals surface area contributed by atoms with Crippen molar-refractivity contribution in [2.45, 2.75) is 13.8 Å². The summed E-state index contributed by atoms with van der Waals surface area (Å²) in [6, 6.07) is 0. The van der Waals surface area contributed by atoms with Crippen LogP contribution < -0.4 is 0 Å². The Morgan fingerprint density at radius 3 is 1.16 bits per heavy atom. The first-order valence-corrected chi connectivity index (χ1v) is 11.5. The van der Waals surface area contributed by atoms with Crippen LogP contribution in [0.1, 0.15) is 13.8 Å². The fourth-order valence-corrected chi connectivity index (χ4v) is 3.44. The molecule has 2 saturated heterocycles. The van der Waals surface area contributed by atoms with E-state index in [4.69, 9.17) is 9.47 Å². The van der Waals surface area contributed by atoms with Crippen molar-refractivity contribution in [2.24, 2.45) is 11.8 Å². The topological polar surface area (TPSA) is 186 Å². The van der Waals surface area contributed by atoms with Gasteiger partial charge in [0.1, 0.15) is 0 Å². The first-order valence-electron chi connectivity index (χ1n) is 11.5. The van der Waals surface area contributed by atoms with Gasteiger partial charge in [-0.05, 0) is 13.8 Å². The number of carbonyl (C=O) groups is 8. The Hall–Kier alpha value is -3.92. The van der Waals surface area contributed by atoms with Crippen LogP contribution in [0.3, 0.4) is 0 Å². The van der Waals surface area contributed by atoms with Gasteiger partial charge in [0.2, 0.25) is 23.6 Å². The second-order valence-corrected chi connectivity index (χ2v) is 8.53. The lowest BCUT2D eigenvalue weighted by atomic mass is 10.2. The lowest BCUT2D eigenvalue weighted by molar-refractivity contribution is -0.172. The monoisotopic (exact) mass is 542 g/mol. The largest absolute Gasteiger partial charge is 0.468 e. The van der Waals surface area contributed by atoms with E-state index < -0.39 is 72.8 Å². The lowest BCUT2D eigenvalue weighted by Crippen LogP contribution is -2.58. The number of rotatable bonds is 11. The maximum Gasteiger partial charge on any atom is 0.321 e. The third-order valence-electron chi connectivity index (χ3n) is 5.86. The highest BCUT2D eigenvalue weighted by Crippen LogP contribution is 2.11. The molecule has 2 rings (SSSR count). The van der Waals surface area contributed by atoms with Crippen molar-refractivity contribution >= 4 is 47.5 Å². The average Bonchev–Trinajstić information content (AvgIpc) is 2.88. The number of hydrogen-bond acceptors (Lipinski definition) is 14. The van der Waals surface area contributed by atoms with Gasteiger partial charge >= 0.3 is 23.9 Å². The minimum Gasteiger partial charge on any atom is -0.468 e. The summed E-state index contributed by atoms with van der Waals surface area (Å²) < 4.78 is 18.6. The number of imide groups is 2. The highest BCUT2D eigenvalue weighted by atomic mass is 16.6. The molecule has 0 aliphatic carbocycles. The van der Waals surface area contributed by atoms with Crippen LogP contribution >= 0.6 is 0 Å². The second kappa shape index (κ2) is 13.6. The molecule has 0 saturated carbocycles. The van der Waals surface area contributed by atoms with Crippen LogP contribution in [-0.4, -0.2) is 134 Å². The molecule has 0 aromatic heterocycles. The Morgan fingerprint density at radius 2 is 0.895 bits per heavy atom. The molecule has 2 aliphatic heterocycles. The standard InChI is InChI=1S/C22H30N4O12/c1-13(19(31)35-3)21(33)37-11-25-15(27)7-23(8-16(25)28)5-6-24-9-17(29)26(18(30)10-24)12-38-22(34)14(2)20(32)36-4/h13-14H,5-12H2,1-4H3. The van der Waals surface area contributed by atoms with E-state index >= 15 is 0 Å². The fraction of sp³-hybridized carbons (Fsp3) is 0.636. The SMILES string of the molecule is COC(=O)C(C)C(=O)OCN1C(=O)CN(CCN2CC(=O)N(COC(=O)C(C)C(=O)OC)C(=O)C2)CC1=O. The third kappa shape index (κ3) is 7.79. The number of nitrogens with zero attached hydrogens (tertiary/aromatic N) is 4. The summed E-state index contributed by atoms with van der Waals surface area (Å²) >= 11 is 0. The highest BCUT2D eigenvalue weighted by Gasteiger charge is 2.35. The van der Waals surface area contributed by atoms with Crippen LogP contribution in [0.2, 0.25) is 0 Å². The van der Waals surface area contributed by atoms with Crippen molar-refractivity contribution in [1.82, 2.24) is 19.6 Å². The van der Waals surface area contributed by atoms with E-state index in [0.29, 0.717) is 0 Å². The maximum atomic E-state index is 12.4. The predicted molar refractivity (Wildman–Crippen MR) is 121 cm³/mol. The first kappa shape index (κ1) is 30.3. The molecule has 0 aromatic carbocycles. The number of carbonyl (C=O) groups excluding carboxylic acids is 8. The van der Waals surface area contributed by atoms with Crippen LogP contribution in [-0.2, 0) is 57.3 Å². The summed E-state index contributed by atoms with van der Waals surface area (Å²) in [7, 11) is 2.22. The third-order valence-corrected chi connectivity index (χ3v) is 5.86. The maximum absolute atomic E-state index is 12.4. The molecule has 2 fully saturated rings. The summed E-state index contributed by atoms with van der Waals surface area (Å²) in [5.74, 6) is -8.45. The molecule has 0 aromatic rings. The molecular weight excluding hydrogens is 512 g/mol. The van der Waals surface area contributed by atoms with Gasteiger partial charge in [0, 0.05) is 13.1 Å². The van der Waals surface area contributed by atoms with E-state index in [-0.39, 0.29) is 39.3 Å². The van der Waals surface area contributed by atoms with Crippen molar-refractivity contribution in [3.63, 3.8) is 0 Å². The second-order valence-electron chi connectivity index (χ2n) is 8.53. The zero-order valence-electron chi connectivity index (χ0n) is 21.5. The van der Waals surface area contributed by atoms with Crippen molar-refractivity contribution in [1.29, 1.82) is 0 Å². The number of esters is 4. The van der Waals surface area contributed by atoms with Crippen LogP contribution in [0.15, 0.2) is 0 Å². The van der Waals surface area contributed by atoms with Gasteiger partial charge in [-0.2, -0.15) is 0 Å². The quantitative estimate of drug-likeness (QED) is 0.111. The van der Waals surface area contributed by atoms with E-state index in [9.17, 15) is 38.4 Å². The van der Waals surface area contributed by atoms with Crippen molar-refractivity contribution in [3.8, 4) is 0 Å². The van der Waals surface area contributed by atoms with E-state index in [1.165, 1.54) is 23.6 Å². The van der Waals surface area contributed by atoms with Gasteiger partial charge in [0.15, 0.2) is 25.3 Å². The minimum absolute atomic E-state index is 0.175. The molecule has 16 heteroatoms. The van der Waals surface area contributed by atoms with Crippen molar-refractivity contribution in [3.05, 3.63) is 0 Å². The summed E-state index contributed by atoms with van der Waals surface area (Å²) in [4.78, 5) is 101. The molecule has 16 nitrogen and oxygen atoms in total. The Kier molecular flexibility index (Phi) is 10.8. The zero-order valence-corrected chi connectivity index (χ0v) is 21.5. The van der Waals surface area contributed by atoms with Crippen LogP contribution in [0.25, 0.3) is 0 Å². The molecule has 4 amide bonds. The molecule has 0 spiro atoms. The summed E-state index contributed by atoms with van der Waals surface area (Å²) in [6.45, 7) is 0.912. The lowest BCUT2D eigenvalue weighted by Gasteiger charge is -2.35. The summed E-state index contributed by atoms with van der Waals surface area (Å²) in [5.41, 5.74) is 0. The van der Waals surface area contributed by atoms with Gasteiger partial charge in [0.05, 0.1) is 40.4 Å². The predicted octanol–water partition coefficient (Wildman–Crippen LogP) is -3.05. The van der Waals surface area contributed by atoms with Gasteiger partial charge in [-0.15, -0.1) is 0 Å². The van der Waals surface area contributed by atoms with E-state index in [2.05, 4.69) is 9.47 Å². The molecule has 0 radical (unpaired) electrons. The van der Waals surface area contributed by atoms with Gasteiger partial charge in [0.25, 0.3) is 0 Å². The molecule has 2 atom stereocenters. The van der Waals surface area contributed by atoms with E-state index in [1.54, 1.807) is 0 Å². The van der Waals surface area contributed by atoms with Crippen LogP contribution in [0.5, 0.6) is 0 Å². The Balaban J connectivity index is 1.79. The van der Waals surface area contributed by atoms with Gasteiger partial charge in [-0.25, -0.2) is 9.80 Å². The van der Waals surface area contributed by atoms with Gasteiger partial charge in [-0.1, -0.05) is 0 Å². The summed E-state index contributed by atoms with van der Waals surface area (Å²) in [5, 5.41) is 0. The smallest absolute Gasteiger partial charge is 0.321 e. The van der Waals surface area contributed by atoms with Crippen molar-refractivity contribution in [2.75, 3.05) is 66.9 Å². The van der Waals surface area contributed by atoms with E-state index in [0.717, 1.165) is 24.0 Å². The number of methoxy groups -OCH3 is 2. The number of amides is 4. The van der Waals surface area contributed by atoms with Crippen molar-refractivity contribution < 1.29 is 57.3 Å². The fourth-order valence-electron chi connectivity index (χ4n) is 3.44. The normalized spacial score (nSPS) is 18.6. The molecule has 38 heavy (non-hydrogen) atoms. The number of ether oxygens (including phenoxy) is 4. The molecular formula is C22H30N4O12. The number of hydrogen-bond donors (Lipinski definition) is 0. The molecule has 2 aliphatic rings. The molecule has 0 bridgehead atoms.